The first-order chi connectivity index (χ1) is 9.41. The standard InChI is InChI=1S/C14H15ClFNO3/c1-8-10(14(19)20)3-2-6-17(8)13(18)11-7-9(15)4-5-12(11)16/h4-5,7-8,10H,2-3,6H2,1H3,(H,19,20)/t8-,10-/m1/s1. The van der Waals surface area contributed by atoms with Gasteiger partial charge in [-0.1, -0.05) is 11.6 Å². The number of halogens is 2. The number of likely N-dealkylation sites (tertiary alicyclic amines) is 1. The van der Waals surface area contributed by atoms with Crippen LogP contribution in [0.5, 0.6) is 0 Å². The third kappa shape index (κ3) is 2.77. The molecule has 2 rings (SSSR count). The van der Waals surface area contributed by atoms with Crippen LogP contribution in [0.2, 0.25) is 5.02 Å². The maximum Gasteiger partial charge on any atom is 0.308 e. The SMILES string of the molecule is C[C@@H]1[C@H](C(=O)O)CCCN1C(=O)c1cc(Cl)ccc1F. The summed E-state index contributed by atoms with van der Waals surface area (Å²) in [5.74, 6) is -2.70. The van der Waals surface area contributed by atoms with E-state index in [4.69, 9.17) is 16.7 Å². The van der Waals surface area contributed by atoms with Crippen LogP contribution in [-0.2, 0) is 4.79 Å². The van der Waals surface area contributed by atoms with E-state index in [1.54, 1.807) is 6.92 Å². The van der Waals surface area contributed by atoms with E-state index < -0.39 is 29.7 Å². The van der Waals surface area contributed by atoms with Gasteiger partial charge < -0.3 is 10.0 Å². The molecular formula is C14H15ClFNO3. The van der Waals surface area contributed by atoms with Gasteiger partial charge in [0.05, 0.1) is 11.5 Å². The Morgan fingerprint density at radius 3 is 2.80 bits per heavy atom. The van der Waals surface area contributed by atoms with Gasteiger partial charge in [-0.05, 0) is 38.0 Å². The van der Waals surface area contributed by atoms with Crippen molar-refractivity contribution in [3.8, 4) is 0 Å². The molecule has 1 aromatic rings. The van der Waals surface area contributed by atoms with Gasteiger partial charge in [0, 0.05) is 17.6 Å². The van der Waals surface area contributed by atoms with Crippen LogP contribution in [0.15, 0.2) is 18.2 Å². The third-order valence-electron chi connectivity index (χ3n) is 3.72. The molecule has 108 valence electrons. The molecule has 1 fully saturated rings. The van der Waals surface area contributed by atoms with E-state index in [9.17, 15) is 14.0 Å². The van der Waals surface area contributed by atoms with Gasteiger partial charge in [0.1, 0.15) is 5.82 Å². The number of carbonyl (C=O) groups excluding carboxylic acids is 1. The van der Waals surface area contributed by atoms with Crippen molar-refractivity contribution in [1.82, 2.24) is 4.90 Å². The van der Waals surface area contributed by atoms with Crippen molar-refractivity contribution >= 4 is 23.5 Å². The smallest absolute Gasteiger partial charge is 0.308 e. The van der Waals surface area contributed by atoms with Crippen molar-refractivity contribution in [2.75, 3.05) is 6.54 Å². The maximum atomic E-state index is 13.7. The molecule has 1 amide bonds. The highest BCUT2D eigenvalue weighted by atomic mass is 35.5. The summed E-state index contributed by atoms with van der Waals surface area (Å²) in [7, 11) is 0. The normalized spacial score (nSPS) is 22.6. The second-order valence-electron chi connectivity index (χ2n) is 4.95. The van der Waals surface area contributed by atoms with Gasteiger partial charge in [-0.3, -0.25) is 9.59 Å². The zero-order chi connectivity index (χ0) is 14.9. The zero-order valence-corrected chi connectivity index (χ0v) is 11.7. The number of benzene rings is 1. The number of hydrogen-bond acceptors (Lipinski definition) is 2. The van der Waals surface area contributed by atoms with Gasteiger partial charge in [0.2, 0.25) is 0 Å². The monoisotopic (exact) mass is 299 g/mol. The lowest BCUT2D eigenvalue weighted by Crippen LogP contribution is -2.49. The number of piperidine rings is 1. The highest BCUT2D eigenvalue weighted by molar-refractivity contribution is 6.31. The van der Waals surface area contributed by atoms with Crippen molar-refractivity contribution in [2.24, 2.45) is 5.92 Å². The lowest BCUT2D eigenvalue weighted by atomic mass is 9.90. The van der Waals surface area contributed by atoms with Crippen LogP contribution < -0.4 is 0 Å². The van der Waals surface area contributed by atoms with Gasteiger partial charge in [-0.2, -0.15) is 0 Å². The van der Waals surface area contributed by atoms with Crippen LogP contribution in [0, 0.1) is 11.7 Å². The lowest BCUT2D eigenvalue weighted by Gasteiger charge is -2.37. The Bertz CT molecular complexity index is 549. The van der Waals surface area contributed by atoms with E-state index in [-0.39, 0.29) is 10.6 Å². The minimum Gasteiger partial charge on any atom is -0.481 e. The molecule has 1 aliphatic rings. The number of carboxylic acids is 1. The quantitative estimate of drug-likeness (QED) is 0.913. The number of carboxylic acid groups (broad SMARTS) is 1. The first kappa shape index (κ1) is 14.8. The molecule has 20 heavy (non-hydrogen) atoms. The van der Waals surface area contributed by atoms with Crippen LogP contribution in [-0.4, -0.2) is 34.5 Å². The molecule has 1 aliphatic heterocycles. The van der Waals surface area contributed by atoms with Gasteiger partial charge >= 0.3 is 5.97 Å². The van der Waals surface area contributed by atoms with Crippen LogP contribution in [0.3, 0.4) is 0 Å². The molecule has 0 saturated carbocycles. The Balaban J connectivity index is 2.28. The molecule has 4 nitrogen and oxygen atoms in total. The summed E-state index contributed by atoms with van der Waals surface area (Å²) in [6.45, 7) is 2.11. The lowest BCUT2D eigenvalue weighted by molar-refractivity contribution is -0.144. The van der Waals surface area contributed by atoms with Crippen molar-refractivity contribution in [3.63, 3.8) is 0 Å². The highest BCUT2D eigenvalue weighted by Gasteiger charge is 2.36. The fourth-order valence-corrected chi connectivity index (χ4v) is 2.75. The molecule has 1 N–H and O–H groups in total. The first-order valence-electron chi connectivity index (χ1n) is 6.40. The van der Waals surface area contributed by atoms with Gasteiger partial charge in [-0.25, -0.2) is 4.39 Å². The molecule has 0 bridgehead atoms. The summed E-state index contributed by atoms with van der Waals surface area (Å²) in [4.78, 5) is 25.0. The predicted molar refractivity (Wildman–Crippen MR) is 72.3 cm³/mol. The topological polar surface area (TPSA) is 57.6 Å². The molecule has 2 atom stereocenters. The Hall–Kier alpha value is -1.62. The summed E-state index contributed by atoms with van der Waals surface area (Å²) >= 11 is 5.78. The number of hydrogen-bond donors (Lipinski definition) is 1. The predicted octanol–water partition coefficient (Wildman–Crippen LogP) is 2.80. The largest absolute Gasteiger partial charge is 0.481 e. The number of amides is 1. The number of rotatable bonds is 2. The summed E-state index contributed by atoms with van der Waals surface area (Å²) < 4.78 is 13.7. The minimum absolute atomic E-state index is 0.115. The van der Waals surface area contributed by atoms with Crippen molar-refractivity contribution in [2.45, 2.75) is 25.8 Å². The fraction of sp³-hybridized carbons (Fsp3) is 0.429. The van der Waals surface area contributed by atoms with Crippen LogP contribution in [0.4, 0.5) is 4.39 Å². The number of nitrogens with zero attached hydrogens (tertiary/aromatic N) is 1. The molecule has 0 spiro atoms. The molecule has 0 aromatic heterocycles. The van der Waals surface area contributed by atoms with E-state index >= 15 is 0 Å². The van der Waals surface area contributed by atoms with Crippen LogP contribution in [0.25, 0.3) is 0 Å². The van der Waals surface area contributed by atoms with Gasteiger partial charge in [0.25, 0.3) is 5.91 Å². The fourth-order valence-electron chi connectivity index (χ4n) is 2.58. The summed E-state index contributed by atoms with van der Waals surface area (Å²) in [6, 6.07) is 3.31. The van der Waals surface area contributed by atoms with E-state index in [1.807, 2.05) is 0 Å². The second-order valence-corrected chi connectivity index (χ2v) is 5.39. The number of aliphatic carboxylic acids is 1. The van der Waals surface area contributed by atoms with E-state index in [1.165, 1.54) is 17.0 Å². The average Bonchev–Trinajstić information content (AvgIpc) is 2.40. The first-order valence-corrected chi connectivity index (χ1v) is 6.78. The summed E-state index contributed by atoms with van der Waals surface area (Å²) in [6.07, 6.45) is 1.12. The summed E-state index contributed by atoms with van der Waals surface area (Å²) in [5.41, 5.74) is -0.115. The van der Waals surface area contributed by atoms with E-state index in [2.05, 4.69) is 0 Å². The molecule has 1 aromatic carbocycles. The Morgan fingerprint density at radius 2 is 2.15 bits per heavy atom. The van der Waals surface area contributed by atoms with Crippen molar-refractivity contribution in [1.29, 1.82) is 0 Å². The van der Waals surface area contributed by atoms with E-state index in [0.29, 0.717) is 19.4 Å². The Kier molecular flexibility index (Phi) is 4.28. The Labute approximate surface area is 121 Å². The minimum atomic E-state index is -0.929. The molecule has 0 aliphatic carbocycles. The Morgan fingerprint density at radius 1 is 1.45 bits per heavy atom. The molecule has 6 heteroatoms. The summed E-state index contributed by atoms with van der Waals surface area (Å²) in [5, 5.41) is 9.42. The molecule has 1 heterocycles. The molecule has 0 unspecified atom stereocenters. The third-order valence-corrected chi connectivity index (χ3v) is 3.96. The maximum absolute atomic E-state index is 13.7. The van der Waals surface area contributed by atoms with Crippen LogP contribution >= 0.6 is 11.6 Å². The van der Waals surface area contributed by atoms with Crippen molar-refractivity contribution in [3.05, 3.63) is 34.6 Å². The highest BCUT2D eigenvalue weighted by Crippen LogP contribution is 2.26. The second kappa shape index (κ2) is 5.79. The van der Waals surface area contributed by atoms with Crippen LogP contribution in [0.1, 0.15) is 30.1 Å². The molecule has 1 saturated heterocycles. The van der Waals surface area contributed by atoms with Gasteiger partial charge in [-0.15, -0.1) is 0 Å². The van der Waals surface area contributed by atoms with Crippen molar-refractivity contribution < 1.29 is 19.1 Å². The number of carbonyl (C=O) groups is 2. The van der Waals surface area contributed by atoms with Gasteiger partial charge in [0.15, 0.2) is 0 Å². The molecule has 0 radical (unpaired) electrons. The average molecular weight is 300 g/mol. The van der Waals surface area contributed by atoms with E-state index in [0.717, 1.165) is 6.07 Å². The molecular weight excluding hydrogens is 285 g/mol. The zero-order valence-electron chi connectivity index (χ0n) is 11.0.